The van der Waals surface area contributed by atoms with Crippen molar-refractivity contribution >= 4 is 23.3 Å². The predicted octanol–water partition coefficient (Wildman–Crippen LogP) is 3.47. The number of amides is 1. The number of methoxy groups -OCH3 is 1. The van der Waals surface area contributed by atoms with E-state index >= 15 is 0 Å². The first-order valence-corrected chi connectivity index (χ1v) is 9.70. The van der Waals surface area contributed by atoms with Gasteiger partial charge in [-0.05, 0) is 42.8 Å². The minimum absolute atomic E-state index is 0. The van der Waals surface area contributed by atoms with Gasteiger partial charge in [-0.25, -0.2) is 13.8 Å². The predicted molar refractivity (Wildman–Crippen MR) is 114 cm³/mol. The van der Waals surface area contributed by atoms with Crippen molar-refractivity contribution in [1.82, 2.24) is 14.7 Å². The van der Waals surface area contributed by atoms with Crippen LogP contribution in [0.2, 0.25) is 0 Å². The maximum atomic E-state index is 14.3. The van der Waals surface area contributed by atoms with Crippen LogP contribution >= 0.6 is 0 Å². The van der Waals surface area contributed by atoms with Gasteiger partial charge >= 0.3 is 0 Å². The van der Waals surface area contributed by atoms with Crippen LogP contribution in [-0.4, -0.2) is 41.5 Å². The molecule has 0 aliphatic heterocycles. The Balaban J connectivity index is 0.00000363. The van der Waals surface area contributed by atoms with E-state index in [0.29, 0.717) is 35.6 Å². The molecule has 1 amide bonds. The third-order valence-electron chi connectivity index (χ3n) is 4.57. The first kappa shape index (κ1) is 25.3. The summed E-state index contributed by atoms with van der Waals surface area (Å²) in [5.41, 5.74) is 2.17. The Bertz CT molecular complexity index is 1110. The van der Waals surface area contributed by atoms with Gasteiger partial charge in [0.15, 0.2) is 0 Å². The van der Waals surface area contributed by atoms with Crippen molar-refractivity contribution in [2.75, 3.05) is 25.5 Å². The van der Waals surface area contributed by atoms with Gasteiger partial charge in [0, 0.05) is 40.4 Å². The number of benzene rings is 1. The summed E-state index contributed by atoms with van der Waals surface area (Å²) >= 11 is 0. The SMILES string of the molecule is CCc1nc2ccc(F)cn2c1C(=O)NCc1ccc(NCC[N-]C(=N)OC)c(F)c1.[Pt]. The van der Waals surface area contributed by atoms with Crippen LogP contribution in [-0.2, 0) is 38.8 Å². The van der Waals surface area contributed by atoms with Crippen molar-refractivity contribution in [3.8, 4) is 0 Å². The Morgan fingerprint density at radius 2 is 2.06 bits per heavy atom. The molecule has 1 aromatic carbocycles. The molecule has 32 heavy (non-hydrogen) atoms. The van der Waals surface area contributed by atoms with Gasteiger partial charge in [-0.3, -0.25) is 9.20 Å². The van der Waals surface area contributed by atoms with Crippen LogP contribution in [0.5, 0.6) is 0 Å². The molecule has 0 aliphatic carbocycles. The summed E-state index contributed by atoms with van der Waals surface area (Å²) in [5.74, 6) is -1.36. The standard InChI is InChI=1S/C21H24F2N6O2.Pt/c1-3-16-19(29-12-14(22)5-7-18(29)28-16)20(30)27-11-13-4-6-17(15(23)10-13)25-8-9-26-21(24)31-2;/h4-7,10,12,25H,3,8-9,11H2,1-2H3,(H3,24,26,27,30);/p-1. The van der Waals surface area contributed by atoms with Crippen LogP contribution in [0.3, 0.4) is 0 Å². The first-order chi connectivity index (χ1) is 14.9. The van der Waals surface area contributed by atoms with Crippen molar-refractivity contribution in [3.05, 3.63) is 70.4 Å². The Hall–Kier alpha value is -3.00. The minimum atomic E-state index is -0.473. The van der Waals surface area contributed by atoms with Crippen molar-refractivity contribution in [1.29, 1.82) is 5.41 Å². The largest absolute Gasteiger partial charge is 0.505 e. The van der Waals surface area contributed by atoms with Crippen molar-refractivity contribution < 1.29 is 39.4 Å². The zero-order chi connectivity index (χ0) is 22.4. The number of aromatic nitrogens is 2. The molecule has 0 saturated carbocycles. The number of carbonyl (C=O) groups is 1. The fourth-order valence-corrected chi connectivity index (χ4v) is 3.04. The molecule has 2 heterocycles. The first-order valence-electron chi connectivity index (χ1n) is 9.70. The summed E-state index contributed by atoms with van der Waals surface area (Å²) in [6.07, 6.45) is 1.73. The van der Waals surface area contributed by atoms with Crippen LogP contribution in [0.25, 0.3) is 11.0 Å². The van der Waals surface area contributed by atoms with Gasteiger partial charge in [0.05, 0.1) is 24.5 Å². The van der Waals surface area contributed by atoms with E-state index in [1.807, 2.05) is 6.92 Å². The second kappa shape index (κ2) is 11.6. The topological polar surface area (TPSA) is 106 Å². The molecule has 0 radical (unpaired) electrons. The van der Waals surface area contributed by atoms with E-state index in [0.717, 1.165) is 0 Å². The number of anilines is 1. The summed E-state index contributed by atoms with van der Waals surface area (Å²) in [6, 6.07) is 7.20. The number of halogens is 2. The monoisotopic (exact) mass is 624 g/mol. The van der Waals surface area contributed by atoms with Gasteiger partial charge in [0.25, 0.3) is 5.91 Å². The molecule has 3 N–H and O–H groups in total. The fourth-order valence-electron chi connectivity index (χ4n) is 3.04. The van der Waals surface area contributed by atoms with Gasteiger partial charge < -0.3 is 26.1 Å². The van der Waals surface area contributed by atoms with E-state index in [1.165, 1.54) is 35.9 Å². The third-order valence-corrected chi connectivity index (χ3v) is 4.57. The van der Waals surface area contributed by atoms with E-state index in [1.54, 1.807) is 12.1 Å². The van der Waals surface area contributed by atoms with Crippen LogP contribution in [0.4, 0.5) is 14.5 Å². The van der Waals surface area contributed by atoms with Crippen molar-refractivity contribution in [2.45, 2.75) is 19.9 Å². The van der Waals surface area contributed by atoms with Crippen LogP contribution in [0, 0.1) is 17.0 Å². The van der Waals surface area contributed by atoms with Gasteiger partial charge in [-0.15, -0.1) is 0 Å². The van der Waals surface area contributed by atoms with Crippen molar-refractivity contribution in [2.24, 2.45) is 0 Å². The molecule has 0 aliphatic rings. The normalized spacial score (nSPS) is 10.4. The van der Waals surface area contributed by atoms with Crippen LogP contribution < -0.4 is 10.6 Å². The zero-order valence-corrected chi connectivity index (χ0v) is 19.8. The number of carbonyl (C=O) groups excluding carboxylic acids is 1. The molecule has 0 fully saturated rings. The summed E-state index contributed by atoms with van der Waals surface area (Å²) in [7, 11) is 1.35. The minimum Gasteiger partial charge on any atom is -0.505 e. The van der Waals surface area contributed by atoms with E-state index in [9.17, 15) is 13.6 Å². The second-order valence-electron chi connectivity index (χ2n) is 6.65. The van der Waals surface area contributed by atoms with E-state index < -0.39 is 17.5 Å². The number of amidine groups is 1. The van der Waals surface area contributed by atoms with Gasteiger partial charge in [-0.2, -0.15) is 0 Å². The molecule has 2 aromatic heterocycles. The number of ether oxygens (including phenoxy) is 1. The van der Waals surface area contributed by atoms with Gasteiger partial charge in [0.1, 0.15) is 23.0 Å². The number of pyridine rings is 1. The average molecular weight is 625 g/mol. The molecule has 3 aromatic rings. The Kier molecular flexibility index (Phi) is 9.13. The Morgan fingerprint density at radius 1 is 1.28 bits per heavy atom. The molecule has 0 atom stereocenters. The van der Waals surface area contributed by atoms with E-state index in [-0.39, 0.29) is 45.9 Å². The summed E-state index contributed by atoms with van der Waals surface area (Å²) in [6.45, 7) is 2.57. The molecule has 0 spiro atoms. The third kappa shape index (κ3) is 6.03. The Labute approximate surface area is 198 Å². The number of hydrogen-bond acceptors (Lipinski definition) is 5. The number of rotatable bonds is 8. The summed E-state index contributed by atoms with van der Waals surface area (Å²) in [4.78, 5) is 17.1. The molecule has 0 bridgehead atoms. The molecule has 0 unspecified atom stereocenters. The maximum absolute atomic E-state index is 14.3. The average Bonchev–Trinajstić information content (AvgIpc) is 3.13. The zero-order valence-electron chi connectivity index (χ0n) is 17.5. The van der Waals surface area contributed by atoms with E-state index in [2.05, 4.69) is 25.7 Å². The number of fused-ring (bicyclic) bond motifs is 1. The molecule has 0 saturated heterocycles. The van der Waals surface area contributed by atoms with Crippen LogP contribution in [0.1, 0.15) is 28.7 Å². The van der Waals surface area contributed by atoms with Crippen LogP contribution in [0.15, 0.2) is 36.5 Å². The van der Waals surface area contributed by atoms with Gasteiger partial charge in [0.2, 0.25) is 0 Å². The molecule has 11 heteroatoms. The number of hydrogen-bond donors (Lipinski definition) is 3. The number of aryl methyl sites for hydroxylation is 1. The number of imidazole rings is 1. The molecule has 174 valence electrons. The summed E-state index contributed by atoms with van der Waals surface area (Å²) in [5, 5.41) is 16.7. The van der Waals surface area contributed by atoms with Crippen molar-refractivity contribution in [3.63, 3.8) is 0 Å². The Morgan fingerprint density at radius 3 is 2.75 bits per heavy atom. The molecular weight excluding hydrogens is 601 g/mol. The number of nitrogens with zero attached hydrogens (tertiary/aromatic N) is 3. The summed E-state index contributed by atoms with van der Waals surface area (Å²) < 4.78 is 34.0. The number of nitrogens with one attached hydrogen (secondary N) is 3. The van der Waals surface area contributed by atoms with Gasteiger partial charge in [-0.1, -0.05) is 13.0 Å². The quantitative estimate of drug-likeness (QED) is 0.203. The fraction of sp³-hybridized carbons (Fsp3) is 0.286. The molecule has 8 nitrogen and oxygen atoms in total. The molecular formula is C21H23F2N6O2Pt-. The second-order valence-corrected chi connectivity index (χ2v) is 6.65. The molecule has 3 rings (SSSR count). The maximum Gasteiger partial charge on any atom is 0.270 e. The smallest absolute Gasteiger partial charge is 0.270 e. The van der Waals surface area contributed by atoms with E-state index in [4.69, 9.17) is 5.41 Å².